The van der Waals surface area contributed by atoms with Crippen LogP contribution in [0.4, 0.5) is 17.6 Å². The van der Waals surface area contributed by atoms with Crippen LogP contribution in [0.25, 0.3) is 11.1 Å². The van der Waals surface area contributed by atoms with E-state index in [0.29, 0.717) is 5.56 Å². The molecule has 2 aromatic carbocycles. The van der Waals surface area contributed by atoms with Crippen LogP contribution < -0.4 is 0 Å². The van der Waals surface area contributed by atoms with Gasteiger partial charge in [0.15, 0.2) is 17.5 Å². The maximum Gasteiger partial charge on any atom is 0.195 e. The smallest absolute Gasteiger partial charge is 0.195 e. The van der Waals surface area contributed by atoms with Gasteiger partial charge in [0.25, 0.3) is 0 Å². The highest BCUT2D eigenvalue weighted by atomic mass is 19.2. The Hall–Kier alpha value is -1.84. The van der Waals surface area contributed by atoms with Crippen LogP contribution >= 0.6 is 0 Å². The Morgan fingerprint density at radius 1 is 0.706 bits per heavy atom. The molecule has 0 nitrogen and oxygen atoms in total. The lowest BCUT2D eigenvalue weighted by Gasteiger charge is -2.06. The maximum absolute atomic E-state index is 13.6. The van der Waals surface area contributed by atoms with Crippen LogP contribution in [-0.2, 0) is 0 Å². The molecule has 2 rings (SSSR count). The van der Waals surface area contributed by atoms with Gasteiger partial charge in [0.05, 0.1) is 0 Å². The summed E-state index contributed by atoms with van der Waals surface area (Å²) in [5, 5.41) is 0. The van der Waals surface area contributed by atoms with Crippen molar-refractivity contribution >= 4 is 0 Å². The monoisotopic (exact) mass is 240 g/mol. The van der Waals surface area contributed by atoms with E-state index in [0.717, 1.165) is 12.1 Å². The van der Waals surface area contributed by atoms with E-state index in [2.05, 4.69) is 0 Å². The standard InChI is InChI=1S/C13H8F4/c1-7-2-3-8(11(15)6-7)9-4-5-10(14)13(17)12(9)16/h2-6H,1H3. The lowest BCUT2D eigenvalue weighted by molar-refractivity contribution is 0.448. The van der Waals surface area contributed by atoms with E-state index in [4.69, 9.17) is 0 Å². The Bertz CT molecular complexity index is 576. The summed E-state index contributed by atoms with van der Waals surface area (Å²) < 4.78 is 52.8. The first-order valence-electron chi connectivity index (χ1n) is 4.90. The average molecular weight is 240 g/mol. The molecule has 0 radical (unpaired) electrons. The molecule has 0 heterocycles. The van der Waals surface area contributed by atoms with Crippen LogP contribution in [0, 0.1) is 30.2 Å². The highest BCUT2D eigenvalue weighted by molar-refractivity contribution is 5.65. The Morgan fingerprint density at radius 3 is 2.00 bits per heavy atom. The summed E-state index contributed by atoms with van der Waals surface area (Å²) in [5.41, 5.74) is 0.280. The fraction of sp³-hybridized carbons (Fsp3) is 0.0769. The van der Waals surface area contributed by atoms with Crippen molar-refractivity contribution in [1.29, 1.82) is 0 Å². The van der Waals surface area contributed by atoms with E-state index in [1.165, 1.54) is 12.1 Å². The van der Waals surface area contributed by atoms with Crippen molar-refractivity contribution in [3.8, 4) is 11.1 Å². The van der Waals surface area contributed by atoms with Gasteiger partial charge in [0.1, 0.15) is 5.82 Å². The zero-order valence-electron chi connectivity index (χ0n) is 8.90. The number of halogens is 4. The van der Waals surface area contributed by atoms with E-state index in [1.807, 2.05) is 0 Å². The van der Waals surface area contributed by atoms with Crippen LogP contribution in [0.5, 0.6) is 0 Å². The molecular formula is C13H8F4. The molecular weight excluding hydrogens is 232 g/mol. The molecule has 0 saturated heterocycles. The fourth-order valence-corrected chi connectivity index (χ4v) is 1.57. The van der Waals surface area contributed by atoms with Gasteiger partial charge in [-0.05, 0) is 30.7 Å². The van der Waals surface area contributed by atoms with Gasteiger partial charge in [-0.1, -0.05) is 12.1 Å². The molecule has 0 aliphatic heterocycles. The molecule has 0 spiro atoms. The van der Waals surface area contributed by atoms with E-state index in [-0.39, 0.29) is 11.1 Å². The van der Waals surface area contributed by atoms with Crippen molar-refractivity contribution in [3.63, 3.8) is 0 Å². The first-order valence-corrected chi connectivity index (χ1v) is 4.90. The molecule has 2 aromatic rings. The van der Waals surface area contributed by atoms with Crippen LogP contribution in [0.3, 0.4) is 0 Å². The number of benzene rings is 2. The molecule has 17 heavy (non-hydrogen) atoms. The quantitative estimate of drug-likeness (QED) is 0.517. The van der Waals surface area contributed by atoms with Crippen molar-refractivity contribution in [2.24, 2.45) is 0 Å². The van der Waals surface area contributed by atoms with Crippen molar-refractivity contribution in [2.75, 3.05) is 0 Å². The summed E-state index contributed by atoms with van der Waals surface area (Å²) in [6, 6.07) is 5.89. The molecule has 0 unspecified atom stereocenters. The van der Waals surface area contributed by atoms with Gasteiger partial charge < -0.3 is 0 Å². The minimum Gasteiger partial charge on any atom is -0.206 e. The second-order valence-corrected chi connectivity index (χ2v) is 3.71. The fourth-order valence-electron chi connectivity index (χ4n) is 1.57. The predicted molar refractivity (Wildman–Crippen MR) is 56.4 cm³/mol. The zero-order valence-corrected chi connectivity index (χ0v) is 8.90. The van der Waals surface area contributed by atoms with E-state index >= 15 is 0 Å². The Morgan fingerprint density at radius 2 is 1.35 bits per heavy atom. The first-order chi connectivity index (χ1) is 8.00. The molecule has 88 valence electrons. The van der Waals surface area contributed by atoms with Gasteiger partial charge in [-0.2, -0.15) is 0 Å². The van der Waals surface area contributed by atoms with Crippen molar-refractivity contribution in [3.05, 3.63) is 59.2 Å². The third kappa shape index (κ3) is 2.02. The number of rotatable bonds is 1. The largest absolute Gasteiger partial charge is 0.206 e. The highest BCUT2D eigenvalue weighted by Crippen LogP contribution is 2.28. The highest BCUT2D eigenvalue weighted by Gasteiger charge is 2.16. The van der Waals surface area contributed by atoms with Crippen molar-refractivity contribution < 1.29 is 17.6 Å². The topological polar surface area (TPSA) is 0 Å². The van der Waals surface area contributed by atoms with Crippen LogP contribution in [0.1, 0.15) is 5.56 Å². The summed E-state index contributed by atoms with van der Waals surface area (Å²) in [5.74, 6) is -4.94. The molecule has 0 saturated carbocycles. The minimum atomic E-state index is -1.59. The molecule has 0 aliphatic carbocycles. The molecule has 0 fully saturated rings. The Kier molecular flexibility index (Phi) is 2.88. The lowest BCUT2D eigenvalue weighted by Crippen LogP contribution is -1.95. The lowest BCUT2D eigenvalue weighted by atomic mass is 10.0. The van der Waals surface area contributed by atoms with Crippen molar-refractivity contribution in [1.82, 2.24) is 0 Å². The van der Waals surface area contributed by atoms with E-state index in [1.54, 1.807) is 13.0 Å². The summed E-state index contributed by atoms with van der Waals surface area (Å²) >= 11 is 0. The van der Waals surface area contributed by atoms with Gasteiger partial charge in [0, 0.05) is 11.1 Å². The Labute approximate surface area is 95.5 Å². The molecule has 0 bridgehead atoms. The van der Waals surface area contributed by atoms with Gasteiger partial charge in [-0.3, -0.25) is 0 Å². The maximum atomic E-state index is 13.6. The second-order valence-electron chi connectivity index (χ2n) is 3.71. The molecule has 0 atom stereocenters. The van der Waals surface area contributed by atoms with Gasteiger partial charge in [-0.25, -0.2) is 17.6 Å². The summed E-state index contributed by atoms with van der Waals surface area (Å²) in [6.45, 7) is 1.68. The Balaban J connectivity index is 2.65. The zero-order chi connectivity index (χ0) is 12.6. The summed E-state index contributed by atoms with van der Waals surface area (Å²) in [6.07, 6.45) is 0. The number of aryl methyl sites for hydroxylation is 1. The third-order valence-corrected chi connectivity index (χ3v) is 2.45. The van der Waals surface area contributed by atoms with Crippen LogP contribution in [0.15, 0.2) is 30.3 Å². The summed E-state index contributed by atoms with van der Waals surface area (Å²) in [4.78, 5) is 0. The van der Waals surface area contributed by atoms with Gasteiger partial charge >= 0.3 is 0 Å². The normalized spacial score (nSPS) is 10.6. The van der Waals surface area contributed by atoms with Gasteiger partial charge in [-0.15, -0.1) is 0 Å². The molecule has 0 aromatic heterocycles. The van der Waals surface area contributed by atoms with Crippen LogP contribution in [-0.4, -0.2) is 0 Å². The van der Waals surface area contributed by atoms with Gasteiger partial charge in [0.2, 0.25) is 0 Å². The third-order valence-electron chi connectivity index (χ3n) is 2.45. The van der Waals surface area contributed by atoms with E-state index in [9.17, 15) is 17.6 Å². The predicted octanol–water partition coefficient (Wildman–Crippen LogP) is 4.22. The van der Waals surface area contributed by atoms with Crippen LogP contribution in [0.2, 0.25) is 0 Å². The molecule has 0 amide bonds. The van der Waals surface area contributed by atoms with Crippen molar-refractivity contribution in [2.45, 2.75) is 6.92 Å². The number of hydrogen-bond acceptors (Lipinski definition) is 0. The first kappa shape index (κ1) is 11.6. The minimum absolute atomic E-state index is 0.0907. The van der Waals surface area contributed by atoms with E-state index < -0.39 is 23.3 Å². The molecule has 0 N–H and O–H groups in total. The molecule has 0 aliphatic rings. The number of hydrogen-bond donors (Lipinski definition) is 0. The summed E-state index contributed by atoms with van der Waals surface area (Å²) in [7, 11) is 0. The average Bonchev–Trinajstić information content (AvgIpc) is 2.28. The SMILES string of the molecule is Cc1ccc(-c2ccc(F)c(F)c2F)c(F)c1. The second kappa shape index (κ2) is 4.20. The molecule has 4 heteroatoms.